The number of rotatable bonds is 5. The number of nitrogens with zero attached hydrogens (tertiary/aromatic N) is 3. The van der Waals surface area contributed by atoms with Crippen molar-refractivity contribution in [3.05, 3.63) is 36.5 Å². The highest BCUT2D eigenvalue weighted by atomic mass is 32.2. The van der Waals surface area contributed by atoms with Crippen LogP contribution in [0.2, 0.25) is 0 Å². The summed E-state index contributed by atoms with van der Waals surface area (Å²) < 4.78 is 42.9. The first kappa shape index (κ1) is 17.2. The molecule has 0 aliphatic rings. The summed E-state index contributed by atoms with van der Waals surface area (Å²) in [7, 11) is -1.83. The van der Waals surface area contributed by atoms with Crippen LogP contribution in [0.25, 0.3) is 22.2 Å². The van der Waals surface area contributed by atoms with Crippen LogP contribution in [0.5, 0.6) is 0 Å². The minimum absolute atomic E-state index is 0.0777. The first-order chi connectivity index (χ1) is 11.8. The van der Waals surface area contributed by atoms with Gasteiger partial charge in [-0.15, -0.1) is 0 Å². The van der Waals surface area contributed by atoms with Gasteiger partial charge in [-0.1, -0.05) is 19.1 Å². The highest BCUT2D eigenvalue weighted by molar-refractivity contribution is 7.92. The third-order valence-electron chi connectivity index (χ3n) is 3.81. The van der Waals surface area contributed by atoms with E-state index in [1.54, 1.807) is 36.9 Å². The molecule has 9 heteroatoms. The van der Waals surface area contributed by atoms with E-state index >= 15 is 0 Å². The molecule has 0 bridgehead atoms. The van der Waals surface area contributed by atoms with Gasteiger partial charge in [0.05, 0.1) is 16.8 Å². The van der Waals surface area contributed by atoms with Crippen molar-refractivity contribution in [3.63, 3.8) is 0 Å². The van der Waals surface area contributed by atoms with Crippen molar-refractivity contribution in [2.45, 2.75) is 13.3 Å². The summed E-state index contributed by atoms with van der Waals surface area (Å²) in [5.74, 6) is -0.513. The molecular formula is C16H18FN5O2S. The van der Waals surface area contributed by atoms with Crippen LogP contribution in [-0.4, -0.2) is 28.7 Å². The molecule has 3 aromatic rings. The number of hydrogen-bond donors (Lipinski definition) is 2. The molecule has 25 heavy (non-hydrogen) atoms. The minimum Gasteiger partial charge on any atom is -0.383 e. The molecule has 0 saturated carbocycles. The standard InChI is InChI=1S/C16H18FN5O2S/c1-3-7-25(23,24)21-12-6-4-5-10(14(12)17)11-8-22(2)16-13(11)15(18)19-9-20-16/h4-6,8-9,21H,3,7H2,1-2H3,(H2,18,19,20). The molecule has 0 amide bonds. The molecule has 2 heterocycles. The SMILES string of the molecule is CCCS(=O)(=O)Nc1cccc(-c2cn(C)c3ncnc(N)c23)c1F. The predicted molar refractivity (Wildman–Crippen MR) is 96.0 cm³/mol. The zero-order chi connectivity index (χ0) is 18.2. The molecule has 3 rings (SSSR count). The molecule has 3 N–H and O–H groups in total. The number of nitrogens with one attached hydrogen (secondary N) is 1. The van der Waals surface area contributed by atoms with Gasteiger partial charge in [-0.25, -0.2) is 22.8 Å². The van der Waals surface area contributed by atoms with Gasteiger partial charge in [0.15, 0.2) is 5.82 Å². The normalized spacial score (nSPS) is 11.8. The Morgan fingerprint density at radius 2 is 2.04 bits per heavy atom. The molecule has 2 aromatic heterocycles. The van der Waals surface area contributed by atoms with Gasteiger partial charge in [-0.2, -0.15) is 0 Å². The number of hydrogen-bond acceptors (Lipinski definition) is 5. The van der Waals surface area contributed by atoms with Crippen molar-refractivity contribution in [2.24, 2.45) is 7.05 Å². The second kappa shape index (κ2) is 6.32. The molecule has 0 atom stereocenters. The van der Waals surface area contributed by atoms with Crippen LogP contribution in [0.1, 0.15) is 13.3 Å². The first-order valence-corrected chi connectivity index (χ1v) is 9.34. The number of sulfonamides is 1. The average molecular weight is 363 g/mol. The smallest absolute Gasteiger partial charge is 0.232 e. The monoisotopic (exact) mass is 363 g/mol. The lowest BCUT2D eigenvalue weighted by Gasteiger charge is -2.11. The van der Waals surface area contributed by atoms with Gasteiger partial charge in [0.25, 0.3) is 0 Å². The van der Waals surface area contributed by atoms with Crippen molar-refractivity contribution in [3.8, 4) is 11.1 Å². The average Bonchev–Trinajstić information content (AvgIpc) is 2.87. The van der Waals surface area contributed by atoms with Crippen LogP contribution in [0.15, 0.2) is 30.7 Å². The molecule has 0 fully saturated rings. The Bertz CT molecular complexity index is 1050. The number of benzene rings is 1. The van der Waals surface area contributed by atoms with Gasteiger partial charge in [0.2, 0.25) is 10.0 Å². The second-order valence-electron chi connectivity index (χ2n) is 5.70. The number of anilines is 2. The third-order valence-corrected chi connectivity index (χ3v) is 5.29. The van der Waals surface area contributed by atoms with E-state index in [1.165, 1.54) is 12.4 Å². The van der Waals surface area contributed by atoms with Crippen LogP contribution in [0.3, 0.4) is 0 Å². The summed E-state index contributed by atoms with van der Waals surface area (Å²) in [5, 5.41) is 0.525. The lowest BCUT2D eigenvalue weighted by molar-refractivity contribution is 0.597. The van der Waals surface area contributed by atoms with E-state index in [1.807, 2.05) is 0 Å². The molecule has 132 valence electrons. The molecule has 0 aliphatic carbocycles. The largest absolute Gasteiger partial charge is 0.383 e. The minimum atomic E-state index is -3.60. The Morgan fingerprint density at radius 3 is 2.76 bits per heavy atom. The van der Waals surface area contributed by atoms with Crippen LogP contribution in [-0.2, 0) is 17.1 Å². The van der Waals surface area contributed by atoms with Gasteiger partial charge in [-0.05, 0) is 12.5 Å². The summed E-state index contributed by atoms with van der Waals surface area (Å²) in [6.45, 7) is 1.74. The van der Waals surface area contributed by atoms with E-state index in [0.717, 1.165) is 0 Å². The van der Waals surface area contributed by atoms with Crippen molar-refractivity contribution >= 4 is 32.6 Å². The van der Waals surface area contributed by atoms with E-state index in [4.69, 9.17) is 5.73 Å². The molecule has 0 spiro atoms. The van der Waals surface area contributed by atoms with E-state index in [-0.39, 0.29) is 22.8 Å². The lowest BCUT2D eigenvalue weighted by atomic mass is 10.0. The van der Waals surface area contributed by atoms with Gasteiger partial charge < -0.3 is 10.3 Å². The molecule has 0 radical (unpaired) electrons. The third kappa shape index (κ3) is 3.14. The van der Waals surface area contributed by atoms with Crippen molar-refractivity contribution in [2.75, 3.05) is 16.2 Å². The van der Waals surface area contributed by atoms with Gasteiger partial charge >= 0.3 is 0 Å². The van der Waals surface area contributed by atoms with Crippen LogP contribution in [0, 0.1) is 5.82 Å². The number of nitrogens with two attached hydrogens (primary N) is 1. The molecule has 0 unspecified atom stereocenters. The van der Waals surface area contributed by atoms with Gasteiger partial charge in [0, 0.05) is 24.4 Å². The zero-order valence-electron chi connectivity index (χ0n) is 13.8. The number of aryl methyl sites for hydroxylation is 1. The maximum Gasteiger partial charge on any atom is 0.232 e. The highest BCUT2D eigenvalue weighted by Gasteiger charge is 2.19. The summed E-state index contributed by atoms with van der Waals surface area (Å²) in [4.78, 5) is 8.12. The Labute approximate surface area is 144 Å². The second-order valence-corrected chi connectivity index (χ2v) is 7.54. The molecule has 7 nitrogen and oxygen atoms in total. The van der Waals surface area contributed by atoms with Crippen molar-refractivity contribution < 1.29 is 12.8 Å². The maximum absolute atomic E-state index is 15.0. The summed E-state index contributed by atoms with van der Waals surface area (Å²) in [5.41, 5.74) is 7.14. The van der Waals surface area contributed by atoms with Crippen LogP contribution < -0.4 is 10.5 Å². The van der Waals surface area contributed by atoms with Crippen LogP contribution >= 0.6 is 0 Å². The number of nitrogen functional groups attached to an aromatic ring is 1. The molecule has 0 saturated heterocycles. The van der Waals surface area contributed by atoms with Crippen molar-refractivity contribution in [1.29, 1.82) is 0 Å². The predicted octanol–water partition coefficient (Wildman–Crippen LogP) is 2.51. The molecule has 1 aromatic carbocycles. The van der Waals surface area contributed by atoms with Gasteiger partial charge in [-0.3, -0.25) is 4.72 Å². The highest BCUT2D eigenvalue weighted by Crippen LogP contribution is 2.35. The number of halogens is 1. The van der Waals surface area contributed by atoms with E-state index < -0.39 is 15.8 Å². The number of aromatic nitrogens is 3. The Balaban J connectivity index is 2.16. The van der Waals surface area contributed by atoms with Gasteiger partial charge in [0.1, 0.15) is 17.8 Å². The van der Waals surface area contributed by atoms with E-state index in [0.29, 0.717) is 23.0 Å². The summed E-state index contributed by atoms with van der Waals surface area (Å²) in [6, 6.07) is 4.53. The zero-order valence-corrected chi connectivity index (χ0v) is 14.6. The van der Waals surface area contributed by atoms with Crippen LogP contribution in [0.4, 0.5) is 15.9 Å². The fraction of sp³-hybridized carbons (Fsp3) is 0.250. The van der Waals surface area contributed by atoms with Crippen molar-refractivity contribution in [1.82, 2.24) is 14.5 Å². The Morgan fingerprint density at radius 1 is 1.28 bits per heavy atom. The topological polar surface area (TPSA) is 103 Å². The quantitative estimate of drug-likeness (QED) is 0.725. The number of fused-ring (bicyclic) bond motifs is 1. The van der Waals surface area contributed by atoms with E-state index in [9.17, 15) is 12.8 Å². The maximum atomic E-state index is 15.0. The lowest BCUT2D eigenvalue weighted by Crippen LogP contribution is -2.17. The first-order valence-electron chi connectivity index (χ1n) is 7.69. The molecular weight excluding hydrogens is 345 g/mol. The van der Waals surface area contributed by atoms with E-state index in [2.05, 4.69) is 14.7 Å². The Kier molecular flexibility index (Phi) is 4.34. The summed E-state index contributed by atoms with van der Waals surface area (Å²) >= 11 is 0. The Hall–Kier alpha value is -2.68. The summed E-state index contributed by atoms with van der Waals surface area (Å²) in [6.07, 6.45) is 3.47. The fourth-order valence-corrected chi connectivity index (χ4v) is 3.88. The molecule has 0 aliphatic heterocycles. The fourth-order valence-electron chi connectivity index (χ4n) is 2.74.